The van der Waals surface area contributed by atoms with Crippen molar-refractivity contribution in [3.8, 4) is 16.9 Å². The molecular weight excluding hydrogens is 434 g/mol. The first kappa shape index (κ1) is 24.7. The Morgan fingerprint density at radius 1 is 0.800 bits per heavy atom. The van der Waals surface area contributed by atoms with Crippen LogP contribution in [0.1, 0.15) is 78.8 Å². The molecule has 0 aliphatic carbocycles. The van der Waals surface area contributed by atoms with Crippen LogP contribution in [0.15, 0.2) is 66.7 Å². The van der Waals surface area contributed by atoms with Crippen molar-refractivity contribution in [2.24, 2.45) is 0 Å². The minimum Gasteiger partial charge on any atom is -0.494 e. The summed E-state index contributed by atoms with van der Waals surface area (Å²) in [5.41, 5.74) is 5.99. The molecule has 1 aliphatic heterocycles. The van der Waals surface area contributed by atoms with Crippen molar-refractivity contribution in [3.63, 3.8) is 0 Å². The molecule has 3 aromatic carbocycles. The zero-order valence-electron chi connectivity index (χ0n) is 21.3. The first-order valence-corrected chi connectivity index (χ1v) is 12.7. The molecule has 0 N–H and O–H groups in total. The van der Waals surface area contributed by atoms with Gasteiger partial charge < -0.3 is 4.74 Å². The predicted molar refractivity (Wildman–Crippen MR) is 141 cm³/mol. The number of carbonyl (C=O) groups is 2. The molecule has 0 bridgehead atoms. The van der Waals surface area contributed by atoms with E-state index in [9.17, 15) is 9.59 Å². The van der Waals surface area contributed by atoms with Crippen LogP contribution in [0.25, 0.3) is 11.1 Å². The van der Waals surface area contributed by atoms with E-state index >= 15 is 0 Å². The Balaban J connectivity index is 1.41. The summed E-state index contributed by atoms with van der Waals surface area (Å²) in [7, 11) is 0. The lowest BCUT2D eigenvalue weighted by atomic mass is 9.81. The highest BCUT2D eigenvalue weighted by Crippen LogP contribution is 2.34. The van der Waals surface area contributed by atoms with E-state index in [0.717, 1.165) is 30.6 Å². The average Bonchev–Trinajstić information content (AvgIpc) is 3.13. The zero-order chi connectivity index (χ0) is 25.0. The normalized spacial score (nSPS) is 13.3. The molecule has 1 aliphatic rings. The third kappa shape index (κ3) is 5.32. The Morgan fingerprint density at radius 2 is 1.46 bits per heavy atom. The van der Waals surface area contributed by atoms with Crippen LogP contribution in [0, 0.1) is 0 Å². The number of hydrogen-bond acceptors (Lipinski definition) is 3. The van der Waals surface area contributed by atoms with E-state index in [2.05, 4.69) is 70.2 Å². The van der Waals surface area contributed by atoms with Crippen molar-refractivity contribution in [1.82, 2.24) is 4.90 Å². The van der Waals surface area contributed by atoms with Crippen LogP contribution in [-0.2, 0) is 11.8 Å². The Kier molecular flexibility index (Phi) is 7.39. The minimum atomic E-state index is -0.195. The van der Waals surface area contributed by atoms with E-state index in [4.69, 9.17) is 4.74 Å². The number of unbranched alkanes of at least 4 members (excludes halogenated alkanes) is 1. The number of rotatable bonds is 10. The Bertz CT molecular complexity index is 1180. The highest BCUT2D eigenvalue weighted by atomic mass is 16.5. The maximum Gasteiger partial charge on any atom is 0.261 e. The molecule has 0 unspecified atom stereocenters. The van der Waals surface area contributed by atoms with E-state index in [0.29, 0.717) is 30.7 Å². The SMILES string of the molecule is CCc1ccc(-c2cc(OCCCCN3C(=O)c4ccccc4C3=O)cc(C(C)(C)CC)c2)cc1. The highest BCUT2D eigenvalue weighted by Gasteiger charge is 2.34. The van der Waals surface area contributed by atoms with Gasteiger partial charge in [-0.05, 0) is 77.6 Å². The third-order valence-corrected chi connectivity index (χ3v) is 7.19. The Labute approximate surface area is 208 Å². The summed E-state index contributed by atoms with van der Waals surface area (Å²) in [5.74, 6) is 0.471. The molecule has 0 saturated carbocycles. The lowest BCUT2D eigenvalue weighted by molar-refractivity contribution is 0.0649. The van der Waals surface area contributed by atoms with Gasteiger partial charge in [0, 0.05) is 6.54 Å². The Morgan fingerprint density at radius 3 is 2.06 bits per heavy atom. The quantitative estimate of drug-likeness (QED) is 0.236. The molecule has 0 radical (unpaired) electrons. The molecule has 4 heteroatoms. The summed E-state index contributed by atoms with van der Waals surface area (Å²) in [4.78, 5) is 26.4. The number of nitrogens with zero attached hydrogens (tertiary/aromatic N) is 1. The Hall–Kier alpha value is -3.40. The van der Waals surface area contributed by atoms with Gasteiger partial charge in [0.25, 0.3) is 11.8 Å². The van der Waals surface area contributed by atoms with E-state index in [1.165, 1.54) is 21.6 Å². The van der Waals surface area contributed by atoms with E-state index < -0.39 is 0 Å². The van der Waals surface area contributed by atoms with Crippen molar-refractivity contribution >= 4 is 11.8 Å². The standard InChI is InChI=1S/C31H35NO3/c1-5-22-13-15-23(16-14-22)24-19-25(31(3,4)6-2)21-26(20-24)35-18-10-9-17-32-29(33)27-11-7-8-12-28(27)30(32)34/h7-8,11-16,19-21H,5-6,9-10,17-18H2,1-4H3. The second-order valence-electron chi connectivity index (χ2n) is 9.90. The van der Waals surface area contributed by atoms with Crippen LogP contribution in [0.2, 0.25) is 0 Å². The van der Waals surface area contributed by atoms with Gasteiger partial charge in [-0.3, -0.25) is 14.5 Å². The van der Waals surface area contributed by atoms with E-state index in [1.54, 1.807) is 24.3 Å². The summed E-state index contributed by atoms with van der Waals surface area (Å²) in [5, 5.41) is 0. The van der Waals surface area contributed by atoms with Crippen molar-refractivity contribution in [1.29, 1.82) is 0 Å². The molecule has 0 aromatic heterocycles. The summed E-state index contributed by atoms with van der Waals surface area (Å²) in [6.45, 7) is 9.85. The summed E-state index contributed by atoms with van der Waals surface area (Å²) < 4.78 is 6.19. The van der Waals surface area contributed by atoms with Crippen LogP contribution in [-0.4, -0.2) is 29.9 Å². The highest BCUT2D eigenvalue weighted by molar-refractivity contribution is 6.21. The van der Waals surface area contributed by atoms with Crippen LogP contribution in [0.5, 0.6) is 5.75 Å². The van der Waals surface area contributed by atoms with Crippen LogP contribution in [0.4, 0.5) is 0 Å². The molecule has 0 spiro atoms. The molecule has 4 rings (SSSR count). The number of fused-ring (bicyclic) bond motifs is 1. The summed E-state index contributed by atoms with van der Waals surface area (Å²) >= 11 is 0. The first-order valence-electron chi connectivity index (χ1n) is 12.7. The van der Waals surface area contributed by atoms with Crippen LogP contribution < -0.4 is 4.74 Å². The smallest absolute Gasteiger partial charge is 0.261 e. The maximum atomic E-state index is 12.5. The molecule has 0 saturated heterocycles. The maximum absolute atomic E-state index is 12.5. The van der Waals surface area contributed by atoms with Crippen molar-refractivity contribution in [2.75, 3.05) is 13.2 Å². The van der Waals surface area contributed by atoms with Crippen molar-refractivity contribution < 1.29 is 14.3 Å². The number of benzene rings is 3. The molecule has 1 heterocycles. The third-order valence-electron chi connectivity index (χ3n) is 7.19. The van der Waals surface area contributed by atoms with Gasteiger partial charge in [-0.15, -0.1) is 0 Å². The lowest BCUT2D eigenvalue weighted by Gasteiger charge is -2.25. The molecule has 182 valence electrons. The minimum absolute atomic E-state index is 0.0446. The van der Waals surface area contributed by atoms with E-state index in [-0.39, 0.29) is 17.2 Å². The monoisotopic (exact) mass is 469 g/mol. The lowest BCUT2D eigenvalue weighted by Crippen LogP contribution is -2.30. The molecule has 4 nitrogen and oxygen atoms in total. The summed E-state index contributed by atoms with van der Waals surface area (Å²) in [6, 6.07) is 22.3. The molecule has 2 amide bonds. The fourth-order valence-corrected chi connectivity index (χ4v) is 4.38. The fraction of sp³-hybridized carbons (Fsp3) is 0.355. The topological polar surface area (TPSA) is 46.6 Å². The number of carbonyl (C=O) groups excluding carboxylic acids is 2. The number of imide groups is 1. The van der Waals surface area contributed by atoms with Gasteiger partial charge in [-0.1, -0.05) is 70.2 Å². The van der Waals surface area contributed by atoms with Crippen LogP contribution in [0.3, 0.4) is 0 Å². The average molecular weight is 470 g/mol. The zero-order valence-corrected chi connectivity index (χ0v) is 21.3. The molecular formula is C31H35NO3. The number of aryl methyl sites for hydroxylation is 1. The first-order chi connectivity index (χ1) is 16.8. The number of ether oxygens (including phenoxy) is 1. The van der Waals surface area contributed by atoms with Gasteiger partial charge >= 0.3 is 0 Å². The largest absolute Gasteiger partial charge is 0.494 e. The number of hydrogen-bond donors (Lipinski definition) is 0. The number of amides is 2. The molecule has 0 atom stereocenters. The molecule has 3 aromatic rings. The predicted octanol–water partition coefficient (Wildman–Crippen LogP) is 7.06. The van der Waals surface area contributed by atoms with Gasteiger partial charge in [0.15, 0.2) is 0 Å². The molecule has 0 fully saturated rings. The fourth-order valence-electron chi connectivity index (χ4n) is 4.38. The summed E-state index contributed by atoms with van der Waals surface area (Å²) in [6.07, 6.45) is 3.52. The van der Waals surface area contributed by atoms with Crippen LogP contribution >= 0.6 is 0 Å². The second-order valence-corrected chi connectivity index (χ2v) is 9.90. The van der Waals surface area contributed by atoms with Gasteiger partial charge in [-0.2, -0.15) is 0 Å². The van der Waals surface area contributed by atoms with E-state index in [1.807, 2.05) is 0 Å². The van der Waals surface area contributed by atoms with Gasteiger partial charge in [-0.25, -0.2) is 0 Å². The second kappa shape index (κ2) is 10.5. The van der Waals surface area contributed by atoms with Gasteiger partial charge in [0.05, 0.1) is 17.7 Å². The van der Waals surface area contributed by atoms with Crippen molar-refractivity contribution in [3.05, 3.63) is 89.0 Å². The van der Waals surface area contributed by atoms with Gasteiger partial charge in [0.2, 0.25) is 0 Å². The van der Waals surface area contributed by atoms with Gasteiger partial charge in [0.1, 0.15) is 5.75 Å². The van der Waals surface area contributed by atoms with Crippen molar-refractivity contribution in [2.45, 2.75) is 58.8 Å². The molecule has 35 heavy (non-hydrogen) atoms.